The largest absolute Gasteiger partial charge is 0.354 e. The fraction of sp³-hybridized carbons (Fsp3) is 0.615. The van der Waals surface area contributed by atoms with Crippen LogP contribution in [0.3, 0.4) is 0 Å². The zero-order chi connectivity index (χ0) is 13.9. The fourth-order valence-corrected chi connectivity index (χ4v) is 3.55. The van der Waals surface area contributed by atoms with Crippen molar-refractivity contribution in [1.29, 1.82) is 0 Å². The first-order chi connectivity index (χ1) is 8.99. The number of carbonyl (C=O) groups excluding carboxylic acids is 1. The molecule has 0 spiro atoms. The zero-order valence-electron chi connectivity index (χ0n) is 11.2. The molecule has 2 rings (SSSR count). The molecule has 1 aliphatic rings. The van der Waals surface area contributed by atoms with Gasteiger partial charge in [0.1, 0.15) is 0 Å². The molecule has 1 aliphatic heterocycles. The van der Waals surface area contributed by atoms with Crippen molar-refractivity contribution < 1.29 is 13.2 Å². The van der Waals surface area contributed by atoms with Gasteiger partial charge in [0.25, 0.3) is 0 Å². The summed E-state index contributed by atoms with van der Waals surface area (Å²) in [6, 6.07) is 3.91. The highest BCUT2D eigenvalue weighted by Crippen LogP contribution is 2.13. The van der Waals surface area contributed by atoms with Gasteiger partial charge in [-0.1, -0.05) is 0 Å². The van der Waals surface area contributed by atoms with Crippen LogP contribution in [0.15, 0.2) is 24.5 Å². The van der Waals surface area contributed by atoms with Gasteiger partial charge in [-0.2, -0.15) is 0 Å². The van der Waals surface area contributed by atoms with Crippen LogP contribution >= 0.6 is 0 Å². The van der Waals surface area contributed by atoms with Crippen LogP contribution in [-0.2, 0) is 21.2 Å². The molecule has 1 aromatic heterocycles. The third-order valence-electron chi connectivity index (χ3n) is 3.56. The van der Waals surface area contributed by atoms with Crippen LogP contribution in [0.5, 0.6) is 0 Å². The molecule has 0 aromatic carbocycles. The van der Waals surface area contributed by atoms with E-state index in [1.54, 1.807) is 11.8 Å². The monoisotopic (exact) mass is 284 g/mol. The van der Waals surface area contributed by atoms with Crippen LogP contribution in [0.1, 0.15) is 19.8 Å². The average Bonchev–Trinajstić information content (AvgIpc) is 2.85. The van der Waals surface area contributed by atoms with E-state index in [-0.39, 0.29) is 11.7 Å². The number of hydrogen-bond donors (Lipinski definition) is 0. The lowest BCUT2D eigenvalue weighted by atomic mass is 10.2. The second kappa shape index (κ2) is 5.77. The zero-order valence-corrected chi connectivity index (χ0v) is 12.0. The highest BCUT2D eigenvalue weighted by atomic mass is 32.2. The van der Waals surface area contributed by atoms with Crippen LogP contribution < -0.4 is 0 Å². The van der Waals surface area contributed by atoms with Crippen molar-refractivity contribution in [2.24, 2.45) is 0 Å². The number of sulfone groups is 1. The van der Waals surface area contributed by atoms with Crippen LogP contribution in [0.25, 0.3) is 0 Å². The molecule has 2 heterocycles. The molecule has 0 aliphatic carbocycles. The smallest absolute Gasteiger partial charge is 0.222 e. The average molecular weight is 284 g/mol. The molecule has 0 N–H and O–H groups in total. The highest BCUT2D eigenvalue weighted by Gasteiger charge is 2.31. The van der Waals surface area contributed by atoms with Crippen LogP contribution in [-0.4, -0.2) is 47.9 Å². The predicted octanol–water partition coefficient (Wildman–Crippen LogP) is 0.914. The predicted molar refractivity (Wildman–Crippen MR) is 73.5 cm³/mol. The second-order valence-electron chi connectivity index (χ2n) is 5.04. The number of nitrogens with zero attached hydrogens (tertiary/aromatic N) is 2. The summed E-state index contributed by atoms with van der Waals surface area (Å²) in [7, 11) is -2.98. The van der Waals surface area contributed by atoms with Gasteiger partial charge in [-0.3, -0.25) is 4.79 Å². The number of aromatic nitrogens is 1. The van der Waals surface area contributed by atoms with Gasteiger partial charge in [-0.05, 0) is 25.5 Å². The molecule has 1 atom stereocenters. The first-order valence-corrected chi connectivity index (χ1v) is 8.31. The summed E-state index contributed by atoms with van der Waals surface area (Å²) in [5, 5.41) is -0.436. The van der Waals surface area contributed by atoms with Gasteiger partial charge in [0, 0.05) is 38.4 Å². The third-order valence-corrected chi connectivity index (χ3v) is 5.69. The van der Waals surface area contributed by atoms with Crippen molar-refractivity contribution in [3.05, 3.63) is 24.5 Å². The van der Waals surface area contributed by atoms with E-state index in [1.165, 1.54) is 0 Å². The minimum absolute atomic E-state index is 0.0638. The number of rotatable bonds is 4. The van der Waals surface area contributed by atoms with Crippen molar-refractivity contribution in [1.82, 2.24) is 9.47 Å². The Kier molecular flexibility index (Phi) is 4.29. The van der Waals surface area contributed by atoms with Crippen LogP contribution in [0.2, 0.25) is 0 Å². The van der Waals surface area contributed by atoms with E-state index in [9.17, 15) is 13.2 Å². The number of carbonyl (C=O) groups is 1. The van der Waals surface area contributed by atoms with Crippen LogP contribution in [0, 0.1) is 0 Å². The Hall–Kier alpha value is -1.30. The Morgan fingerprint density at radius 3 is 2.63 bits per heavy atom. The van der Waals surface area contributed by atoms with E-state index in [4.69, 9.17) is 0 Å². The van der Waals surface area contributed by atoms with Crippen molar-refractivity contribution in [2.45, 2.75) is 31.6 Å². The lowest BCUT2D eigenvalue weighted by Gasteiger charge is -2.31. The lowest BCUT2D eigenvalue weighted by molar-refractivity contribution is -0.131. The van der Waals surface area contributed by atoms with E-state index in [1.807, 2.05) is 29.1 Å². The molecule has 1 amide bonds. The molecule has 6 heteroatoms. The quantitative estimate of drug-likeness (QED) is 0.826. The van der Waals surface area contributed by atoms with Crippen molar-refractivity contribution in [3.63, 3.8) is 0 Å². The summed E-state index contributed by atoms with van der Waals surface area (Å²) in [5.41, 5.74) is 0. The molecule has 1 fully saturated rings. The minimum Gasteiger partial charge on any atom is -0.354 e. The van der Waals surface area contributed by atoms with E-state index in [0.717, 1.165) is 13.0 Å². The summed E-state index contributed by atoms with van der Waals surface area (Å²) < 4.78 is 25.2. The molecule has 0 saturated carbocycles. The molecule has 0 radical (unpaired) electrons. The summed E-state index contributed by atoms with van der Waals surface area (Å²) in [6.07, 6.45) is 5.20. The van der Waals surface area contributed by atoms with Gasteiger partial charge in [0.15, 0.2) is 9.84 Å². The summed E-state index contributed by atoms with van der Waals surface area (Å²) >= 11 is 0. The Balaban J connectivity index is 1.78. The topological polar surface area (TPSA) is 59.4 Å². The van der Waals surface area contributed by atoms with Gasteiger partial charge >= 0.3 is 0 Å². The summed E-state index contributed by atoms with van der Waals surface area (Å²) in [6.45, 7) is 3.18. The maximum atomic E-state index is 12.0. The van der Waals surface area contributed by atoms with E-state index >= 15 is 0 Å². The Morgan fingerprint density at radius 2 is 2.00 bits per heavy atom. The fourth-order valence-electron chi connectivity index (χ4n) is 2.27. The molecule has 5 nitrogen and oxygen atoms in total. The summed E-state index contributed by atoms with van der Waals surface area (Å²) in [5.74, 6) is 0.159. The van der Waals surface area contributed by atoms with Crippen LogP contribution in [0.4, 0.5) is 0 Å². The highest BCUT2D eigenvalue weighted by molar-refractivity contribution is 7.92. The molecule has 106 valence electrons. The van der Waals surface area contributed by atoms with E-state index < -0.39 is 15.1 Å². The number of aryl methyl sites for hydroxylation is 1. The molecular weight excluding hydrogens is 264 g/mol. The van der Waals surface area contributed by atoms with Gasteiger partial charge in [0.05, 0.1) is 11.0 Å². The second-order valence-corrected chi connectivity index (χ2v) is 7.58. The number of hydrogen-bond acceptors (Lipinski definition) is 3. The van der Waals surface area contributed by atoms with Gasteiger partial charge in [0.2, 0.25) is 5.91 Å². The molecule has 0 bridgehead atoms. The third kappa shape index (κ3) is 3.59. The van der Waals surface area contributed by atoms with Gasteiger partial charge in [-0.15, -0.1) is 0 Å². The molecule has 1 saturated heterocycles. The maximum Gasteiger partial charge on any atom is 0.222 e. The Labute approximate surface area is 114 Å². The molecule has 19 heavy (non-hydrogen) atoms. The number of amides is 1. The first-order valence-electron chi connectivity index (χ1n) is 6.59. The molecule has 1 aromatic rings. The lowest BCUT2D eigenvalue weighted by Crippen LogP contribution is -2.48. The SMILES string of the molecule is CC1CN(C(=O)CCCn2cccc2)CCS1(=O)=O. The Morgan fingerprint density at radius 1 is 1.32 bits per heavy atom. The maximum absolute atomic E-state index is 12.0. The van der Waals surface area contributed by atoms with Gasteiger partial charge in [-0.25, -0.2) is 8.42 Å². The van der Waals surface area contributed by atoms with E-state index in [0.29, 0.717) is 19.5 Å². The van der Waals surface area contributed by atoms with Crippen molar-refractivity contribution in [2.75, 3.05) is 18.8 Å². The standard InChI is InChI=1S/C13H20N2O3S/c1-12-11-15(9-10-19(12,17)18)13(16)5-4-8-14-6-2-3-7-14/h2-3,6-7,12H,4-5,8-11H2,1H3. The molecule has 1 unspecified atom stereocenters. The Bertz CT molecular complexity index is 522. The first kappa shape index (κ1) is 14.1. The van der Waals surface area contributed by atoms with Gasteiger partial charge < -0.3 is 9.47 Å². The molecular formula is C13H20N2O3S. The van der Waals surface area contributed by atoms with Crippen molar-refractivity contribution >= 4 is 15.7 Å². The van der Waals surface area contributed by atoms with Crippen molar-refractivity contribution in [3.8, 4) is 0 Å². The summed E-state index contributed by atoms with van der Waals surface area (Å²) in [4.78, 5) is 13.7. The minimum atomic E-state index is -2.98. The normalized spacial score (nSPS) is 22.4. The van der Waals surface area contributed by atoms with E-state index in [2.05, 4.69) is 0 Å².